The smallest absolute Gasteiger partial charge is 0.255 e. The molecule has 8 heteroatoms. The van der Waals surface area contributed by atoms with E-state index in [1.54, 1.807) is 18.2 Å². The Morgan fingerprint density at radius 2 is 2.19 bits per heavy atom. The number of nitriles is 1. The van der Waals surface area contributed by atoms with Crippen LogP contribution in [-0.2, 0) is 0 Å². The van der Waals surface area contributed by atoms with E-state index in [0.717, 1.165) is 29.4 Å². The van der Waals surface area contributed by atoms with Gasteiger partial charge in [-0.15, -0.1) is 0 Å². The molecule has 0 bridgehead atoms. The van der Waals surface area contributed by atoms with Crippen LogP contribution in [0.3, 0.4) is 0 Å². The average Bonchev–Trinajstić information content (AvgIpc) is 3.31. The van der Waals surface area contributed by atoms with Gasteiger partial charge >= 0.3 is 0 Å². The summed E-state index contributed by atoms with van der Waals surface area (Å²) in [5.74, 6) is 0.846. The summed E-state index contributed by atoms with van der Waals surface area (Å²) in [7, 11) is 1.55. The molecule has 0 radical (unpaired) electrons. The number of carbonyl (C=O) groups is 1. The summed E-state index contributed by atoms with van der Waals surface area (Å²) in [4.78, 5) is 23.8. The summed E-state index contributed by atoms with van der Waals surface area (Å²) in [6.07, 6.45) is 7.41. The van der Waals surface area contributed by atoms with Crippen molar-refractivity contribution in [2.45, 2.75) is 51.7 Å². The highest BCUT2D eigenvalue weighted by Crippen LogP contribution is 2.30. The van der Waals surface area contributed by atoms with Gasteiger partial charge in [0.25, 0.3) is 5.91 Å². The maximum absolute atomic E-state index is 13.2. The molecule has 1 aliphatic heterocycles. The fraction of sp³-hybridized carbons (Fsp3) is 0.391. The summed E-state index contributed by atoms with van der Waals surface area (Å²) in [5, 5.41) is 13.5. The number of aromatic nitrogens is 3. The first-order chi connectivity index (χ1) is 15.0. The van der Waals surface area contributed by atoms with Gasteiger partial charge < -0.3 is 15.0 Å². The quantitative estimate of drug-likeness (QED) is 0.639. The Bertz CT molecular complexity index is 1160. The zero-order chi connectivity index (χ0) is 22.1. The standard InChI is InChI=1S/C23H26N6O2/c1-5-19-18(10-15(3)29(19)13-24)27-22(30)17-11-16-7-9-28(20(16)12-21(17)31-4)23-25-8-6-14(2)26-23/h6-9,11-12,15,18-19H,5,10H2,1-4H3,(H,27,30)/t15-,18+,19+/m0/s1. The Labute approximate surface area is 181 Å². The average molecular weight is 419 g/mol. The van der Waals surface area contributed by atoms with Crippen LogP contribution in [0.5, 0.6) is 5.75 Å². The lowest BCUT2D eigenvalue weighted by Gasteiger charge is -2.24. The third kappa shape index (κ3) is 3.67. The van der Waals surface area contributed by atoms with Gasteiger partial charge in [0.15, 0.2) is 6.19 Å². The van der Waals surface area contributed by atoms with Crippen LogP contribution in [-0.4, -0.2) is 50.6 Å². The maximum atomic E-state index is 13.2. The molecule has 4 rings (SSSR count). The fourth-order valence-corrected chi connectivity index (χ4v) is 4.45. The lowest BCUT2D eigenvalue weighted by molar-refractivity contribution is 0.0926. The number of fused-ring (bicyclic) bond motifs is 1. The Balaban J connectivity index is 1.67. The van der Waals surface area contributed by atoms with E-state index < -0.39 is 0 Å². The van der Waals surface area contributed by atoms with Gasteiger partial charge in [-0.3, -0.25) is 9.36 Å². The number of nitrogens with zero attached hydrogens (tertiary/aromatic N) is 5. The summed E-state index contributed by atoms with van der Waals surface area (Å²) >= 11 is 0. The minimum atomic E-state index is -0.200. The number of hydrogen-bond donors (Lipinski definition) is 1. The van der Waals surface area contributed by atoms with Crippen LogP contribution in [0, 0.1) is 18.4 Å². The summed E-state index contributed by atoms with van der Waals surface area (Å²) in [6.45, 7) is 5.97. The van der Waals surface area contributed by atoms with Gasteiger partial charge in [-0.1, -0.05) is 6.92 Å². The Morgan fingerprint density at radius 1 is 1.39 bits per heavy atom. The van der Waals surface area contributed by atoms with Crippen LogP contribution >= 0.6 is 0 Å². The van der Waals surface area contributed by atoms with Gasteiger partial charge in [0.2, 0.25) is 5.95 Å². The number of nitrogens with one attached hydrogen (secondary N) is 1. The number of ether oxygens (including phenoxy) is 1. The van der Waals surface area contributed by atoms with E-state index >= 15 is 0 Å². The van der Waals surface area contributed by atoms with E-state index in [0.29, 0.717) is 17.3 Å². The van der Waals surface area contributed by atoms with E-state index in [1.807, 2.05) is 55.8 Å². The van der Waals surface area contributed by atoms with Crippen molar-refractivity contribution in [3.63, 3.8) is 0 Å². The van der Waals surface area contributed by atoms with Crippen molar-refractivity contribution in [1.29, 1.82) is 5.26 Å². The minimum absolute atomic E-state index is 0.00164. The molecular formula is C23H26N6O2. The van der Waals surface area contributed by atoms with E-state index in [2.05, 4.69) is 21.5 Å². The van der Waals surface area contributed by atoms with E-state index in [1.165, 1.54) is 0 Å². The predicted octanol–water partition coefficient (Wildman–Crippen LogP) is 3.19. The number of hydrogen-bond acceptors (Lipinski definition) is 6. The molecule has 1 saturated heterocycles. The molecule has 0 unspecified atom stereocenters. The number of carbonyl (C=O) groups excluding carboxylic acids is 1. The number of rotatable bonds is 5. The second-order valence-corrected chi connectivity index (χ2v) is 7.94. The van der Waals surface area contributed by atoms with Gasteiger partial charge in [-0.25, -0.2) is 9.97 Å². The molecule has 0 aliphatic carbocycles. The predicted molar refractivity (Wildman–Crippen MR) is 117 cm³/mol. The monoisotopic (exact) mass is 418 g/mol. The first-order valence-electron chi connectivity index (χ1n) is 10.4. The molecular weight excluding hydrogens is 392 g/mol. The van der Waals surface area contributed by atoms with Crippen LogP contribution < -0.4 is 10.1 Å². The SMILES string of the molecule is CC[C@@H]1[C@H](NC(=O)c2cc3ccn(-c4nccc(C)n4)c3cc2OC)C[C@H](C)N1C#N. The molecule has 1 aromatic carbocycles. The third-order valence-electron chi connectivity index (χ3n) is 6.00. The first-order valence-corrected chi connectivity index (χ1v) is 10.4. The van der Waals surface area contributed by atoms with Gasteiger partial charge in [0, 0.05) is 35.6 Å². The summed E-state index contributed by atoms with van der Waals surface area (Å²) < 4.78 is 7.44. The number of likely N-dealkylation sites (tertiary alicyclic amines) is 1. The summed E-state index contributed by atoms with van der Waals surface area (Å²) in [5.41, 5.74) is 2.20. The van der Waals surface area contributed by atoms with Gasteiger partial charge in [0.1, 0.15) is 5.75 Å². The van der Waals surface area contributed by atoms with Crippen molar-refractivity contribution in [1.82, 2.24) is 24.8 Å². The normalized spacial score (nSPS) is 20.6. The molecule has 3 aromatic rings. The van der Waals surface area contributed by atoms with Crippen LogP contribution in [0.4, 0.5) is 0 Å². The highest BCUT2D eigenvalue weighted by Gasteiger charge is 2.38. The number of benzene rings is 1. The highest BCUT2D eigenvalue weighted by molar-refractivity contribution is 6.01. The molecule has 1 aliphatic rings. The molecule has 1 amide bonds. The molecule has 1 N–H and O–H groups in total. The van der Waals surface area contributed by atoms with Gasteiger partial charge in [0.05, 0.1) is 30.3 Å². The third-order valence-corrected chi connectivity index (χ3v) is 6.00. The van der Waals surface area contributed by atoms with Crippen molar-refractivity contribution in [2.24, 2.45) is 0 Å². The summed E-state index contributed by atoms with van der Waals surface area (Å²) in [6, 6.07) is 7.47. The lowest BCUT2D eigenvalue weighted by Crippen LogP contribution is -2.43. The Kier molecular flexibility index (Phi) is 5.51. The highest BCUT2D eigenvalue weighted by atomic mass is 16.5. The van der Waals surface area contributed by atoms with Gasteiger partial charge in [-0.2, -0.15) is 5.26 Å². The second kappa shape index (κ2) is 8.26. The molecule has 2 aromatic heterocycles. The van der Waals surface area contributed by atoms with Crippen LogP contribution in [0.25, 0.3) is 16.9 Å². The van der Waals surface area contributed by atoms with Crippen LogP contribution in [0.15, 0.2) is 36.7 Å². The molecule has 8 nitrogen and oxygen atoms in total. The van der Waals surface area contributed by atoms with Crippen molar-refractivity contribution in [3.05, 3.63) is 47.9 Å². The second-order valence-electron chi connectivity index (χ2n) is 7.94. The topological polar surface area (TPSA) is 96.1 Å². The molecule has 0 saturated carbocycles. The Hall–Kier alpha value is -3.60. The number of aryl methyl sites for hydroxylation is 1. The number of amides is 1. The van der Waals surface area contributed by atoms with Crippen molar-refractivity contribution in [2.75, 3.05) is 7.11 Å². The van der Waals surface area contributed by atoms with Crippen LogP contribution in [0.1, 0.15) is 42.7 Å². The molecule has 3 heterocycles. The zero-order valence-corrected chi connectivity index (χ0v) is 18.2. The van der Waals surface area contributed by atoms with E-state index in [-0.39, 0.29) is 24.0 Å². The molecule has 1 fully saturated rings. The van der Waals surface area contributed by atoms with Crippen molar-refractivity contribution in [3.8, 4) is 17.9 Å². The zero-order valence-electron chi connectivity index (χ0n) is 18.2. The van der Waals surface area contributed by atoms with Crippen molar-refractivity contribution >= 4 is 16.8 Å². The van der Waals surface area contributed by atoms with E-state index in [4.69, 9.17) is 4.74 Å². The number of methoxy groups -OCH3 is 1. The van der Waals surface area contributed by atoms with Crippen molar-refractivity contribution < 1.29 is 9.53 Å². The van der Waals surface area contributed by atoms with Gasteiger partial charge in [-0.05, 0) is 44.9 Å². The minimum Gasteiger partial charge on any atom is -0.496 e. The molecule has 3 atom stereocenters. The largest absolute Gasteiger partial charge is 0.496 e. The maximum Gasteiger partial charge on any atom is 0.255 e. The van der Waals surface area contributed by atoms with Crippen LogP contribution in [0.2, 0.25) is 0 Å². The molecule has 31 heavy (non-hydrogen) atoms. The Morgan fingerprint density at radius 3 is 2.87 bits per heavy atom. The molecule has 160 valence electrons. The van der Waals surface area contributed by atoms with E-state index in [9.17, 15) is 10.1 Å². The lowest BCUT2D eigenvalue weighted by atomic mass is 10.0. The first kappa shape index (κ1) is 20.7. The molecule has 0 spiro atoms. The fourth-order valence-electron chi connectivity index (χ4n) is 4.45.